The summed E-state index contributed by atoms with van der Waals surface area (Å²) in [4.78, 5) is 44.4. The number of carbonyl (C=O) groups is 3. The van der Waals surface area contributed by atoms with Crippen LogP contribution in [0.5, 0.6) is 5.75 Å². The highest BCUT2D eigenvalue weighted by atomic mass is 32.1. The van der Waals surface area contributed by atoms with Crippen molar-refractivity contribution in [1.29, 1.82) is 0 Å². The van der Waals surface area contributed by atoms with Gasteiger partial charge in [0.1, 0.15) is 16.4 Å². The molecular formula is C25H22N2O6S. The minimum absolute atomic E-state index is 0.0634. The van der Waals surface area contributed by atoms with Crippen LogP contribution in [0.3, 0.4) is 0 Å². The van der Waals surface area contributed by atoms with Crippen LogP contribution in [0.15, 0.2) is 54.1 Å². The zero-order valence-corrected chi connectivity index (χ0v) is 19.8. The molecule has 0 bridgehead atoms. The Labute approximate surface area is 200 Å². The van der Waals surface area contributed by atoms with E-state index in [1.54, 1.807) is 43.3 Å². The second-order valence-corrected chi connectivity index (χ2v) is 8.69. The van der Waals surface area contributed by atoms with Crippen molar-refractivity contribution >= 4 is 39.9 Å². The zero-order chi connectivity index (χ0) is 24.6. The number of thiazole rings is 1. The van der Waals surface area contributed by atoms with Crippen LogP contribution in [0.1, 0.15) is 38.1 Å². The molecule has 1 amide bonds. The van der Waals surface area contributed by atoms with Crippen molar-refractivity contribution in [1.82, 2.24) is 4.98 Å². The largest absolute Gasteiger partial charge is 0.507 e. The fourth-order valence-corrected chi connectivity index (χ4v) is 4.78. The number of carbonyl (C=O) groups excluding carboxylic acids is 3. The predicted octanol–water partition coefficient (Wildman–Crippen LogP) is 4.18. The van der Waals surface area contributed by atoms with Gasteiger partial charge in [0, 0.05) is 5.56 Å². The summed E-state index contributed by atoms with van der Waals surface area (Å²) in [6.45, 7) is 3.55. The van der Waals surface area contributed by atoms with Gasteiger partial charge in [-0.3, -0.25) is 14.5 Å². The van der Waals surface area contributed by atoms with Crippen LogP contribution in [0, 0.1) is 13.8 Å². The number of methoxy groups -OCH3 is 2. The molecule has 0 saturated carbocycles. The lowest BCUT2D eigenvalue weighted by Gasteiger charge is -2.23. The SMILES string of the molecule is COC(=O)c1sc(N2C(=O)C(=O)C(=C(O)c3ccc(OC)cc3)[C@@H]2c2ccc(C)cc2)nc1C. The van der Waals surface area contributed by atoms with Crippen LogP contribution < -0.4 is 9.64 Å². The van der Waals surface area contributed by atoms with Crippen LogP contribution in [0.4, 0.5) is 5.13 Å². The topological polar surface area (TPSA) is 106 Å². The molecule has 1 aliphatic rings. The van der Waals surface area contributed by atoms with E-state index in [-0.39, 0.29) is 21.3 Å². The zero-order valence-electron chi connectivity index (χ0n) is 19.0. The van der Waals surface area contributed by atoms with E-state index in [9.17, 15) is 19.5 Å². The first-order valence-electron chi connectivity index (χ1n) is 10.3. The minimum atomic E-state index is -0.932. The first-order valence-corrected chi connectivity index (χ1v) is 11.2. The molecule has 174 valence electrons. The molecule has 34 heavy (non-hydrogen) atoms. The average Bonchev–Trinajstić information content (AvgIpc) is 3.35. The molecule has 1 aromatic heterocycles. The number of aromatic nitrogens is 1. The maximum atomic E-state index is 13.2. The number of ether oxygens (including phenoxy) is 2. The van der Waals surface area contributed by atoms with E-state index in [1.807, 2.05) is 19.1 Å². The Morgan fingerprint density at radius 2 is 1.68 bits per heavy atom. The lowest BCUT2D eigenvalue weighted by atomic mass is 9.95. The molecule has 1 N–H and O–H groups in total. The summed E-state index contributed by atoms with van der Waals surface area (Å²) in [5.41, 5.74) is 2.29. The number of ketones is 1. The molecule has 2 aromatic carbocycles. The predicted molar refractivity (Wildman–Crippen MR) is 127 cm³/mol. The van der Waals surface area contributed by atoms with E-state index >= 15 is 0 Å². The van der Waals surface area contributed by atoms with Crippen molar-refractivity contribution in [3.63, 3.8) is 0 Å². The molecule has 1 fully saturated rings. The first kappa shape index (κ1) is 23.2. The Kier molecular flexibility index (Phi) is 6.21. The second-order valence-electron chi connectivity index (χ2n) is 7.71. The Bertz CT molecular complexity index is 1310. The van der Waals surface area contributed by atoms with Gasteiger partial charge in [-0.2, -0.15) is 0 Å². The van der Waals surface area contributed by atoms with Gasteiger partial charge in [-0.15, -0.1) is 0 Å². The number of aliphatic hydroxyl groups excluding tert-OH is 1. The standard InChI is InChI=1S/C25H22N2O6S/c1-13-5-7-15(8-6-13)19-18(20(28)16-9-11-17(32-3)12-10-16)21(29)23(30)27(19)25-26-14(2)22(34-25)24(31)33-4/h5-12,19,28H,1-4H3/t19-/m0/s1. The molecule has 9 heteroatoms. The third kappa shape index (κ3) is 3.94. The molecule has 1 saturated heterocycles. The van der Waals surface area contributed by atoms with E-state index < -0.39 is 23.7 Å². The summed E-state index contributed by atoms with van der Waals surface area (Å²) in [5.74, 6) is -1.99. The van der Waals surface area contributed by atoms with Gasteiger partial charge >= 0.3 is 11.9 Å². The Hall–Kier alpha value is -3.98. The number of rotatable bonds is 5. The fourth-order valence-electron chi connectivity index (χ4n) is 3.77. The molecular weight excluding hydrogens is 456 g/mol. The number of aryl methyl sites for hydroxylation is 2. The van der Waals surface area contributed by atoms with Crippen LogP contribution in [0.25, 0.3) is 5.76 Å². The quantitative estimate of drug-likeness (QED) is 0.254. The van der Waals surface area contributed by atoms with Gasteiger partial charge in [0.05, 0.1) is 31.5 Å². The van der Waals surface area contributed by atoms with Crippen LogP contribution in [-0.2, 0) is 14.3 Å². The number of Topliss-reactive ketones (excluding diaryl/α,β-unsaturated/α-hetero) is 1. The molecule has 3 aromatic rings. The Morgan fingerprint density at radius 1 is 1.03 bits per heavy atom. The van der Waals surface area contributed by atoms with E-state index in [0.29, 0.717) is 22.6 Å². The smallest absolute Gasteiger partial charge is 0.350 e. The lowest BCUT2D eigenvalue weighted by Crippen LogP contribution is -2.29. The number of hydrogen-bond donors (Lipinski definition) is 1. The number of esters is 1. The third-order valence-electron chi connectivity index (χ3n) is 5.56. The number of aliphatic hydroxyl groups is 1. The van der Waals surface area contributed by atoms with E-state index in [2.05, 4.69) is 4.98 Å². The maximum Gasteiger partial charge on any atom is 0.350 e. The first-order chi connectivity index (χ1) is 16.3. The van der Waals surface area contributed by atoms with Crippen molar-refractivity contribution in [2.24, 2.45) is 0 Å². The van der Waals surface area contributed by atoms with Crippen LogP contribution >= 0.6 is 11.3 Å². The van der Waals surface area contributed by atoms with Crippen molar-refractivity contribution in [3.05, 3.63) is 81.4 Å². The number of anilines is 1. The summed E-state index contributed by atoms with van der Waals surface area (Å²) >= 11 is 0.958. The van der Waals surface area contributed by atoms with Gasteiger partial charge in [-0.05, 0) is 43.7 Å². The summed E-state index contributed by atoms with van der Waals surface area (Å²) in [7, 11) is 2.78. The van der Waals surface area contributed by atoms with Gasteiger partial charge in [-0.1, -0.05) is 41.2 Å². The molecule has 8 nitrogen and oxygen atoms in total. The fraction of sp³-hybridized carbons (Fsp3) is 0.200. The van der Waals surface area contributed by atoms with Crippen LogP contribution in [-0.4, -0.2) is 42.0 Å². The molecule has 0 spiro atoms. The molecule has 0 aliphatic carbocycles. The Balaban J connectivity index is 1.91. The van der Waals surface area contributed by atoms with E-state index in [1.165, 1.54) is 19.1 Å². The summed E-state index contributed by atoms with van der Waals surface area (Å²) < 4.78 is 9.96. The average molecular weight is 479 g/mol. The second kappa shape index (κ2) is 9.11. The highest BCUT2D eigenvalue weighted by molar-refractivity contribution is 7.17. The molecule has 1 atom stereocenters. The number of benzene rings is 2. The van der Waals surface area contributed by atoms with Crippen molar-refractivity contribution < 1.29 is 29.0 Å². The molecule has 0 unspecified atom stereocenters. The molecule has 1 aliphatic heterocycles. The van der Waals surface area contributed by atoms with Gasteiger partial charge in [0.15, 0.2) is 5.13 Å². The number of nitrogens with zero attached hydrogens (tertiary/aromatic N) is 2. The van der Waals surface area contributed by atoms with Crippen LogP contribution in [0.2, 0.25) is 0 Å². The van der Waals surface area contributed by atoms with Gasteiger partial charge in [-0.25, -0.2) is 9.78 Å². The summed E-state index contributed by atoms with van der Waals surface area (Å²) in [5, 5.41) is 11.3. The molecule has 4 rings (SSSR count). The van der Waals surface area contributed by atoms with Crippen molar-refractivity contribution in [2.75, 3.05) is 19.1 Å². The number of amides is 1. The minimum Gasteiger partial charge on any atom is -0.507 e. The summed E-state index contributed by atoms with van der Waals surface area (Å²) in [6, 6.07) is 12.9. The normalized spacial score (nSPS) is 17.2. The monoisotopic (exact) mass is 478 g/mol. The Morgan fingerprint density at radius 3 is 2.26 bits per heavy atom. The highest BCUT2D eigenvalue weighted by Crippen LogP contribution is 2.44. The van der Waals surface area contributed by atoms with E-state index in [0.717, 1.165) is 16.9 Å². The van der Waals surface area contributed by atoms with Gasteiger partial charge < -0.3 is 14.6 Å². The molecule has 0 radical (unpaired) electrons. The third-order valence-corrected chi connectivity index (χ3v) is 6.70. The maximum absolute atomic E-state index is 13.2. The van der Waals surface area contributed by atoms with Crippen molar-refractivity contribution in [3.8, 4) is 5.75 Å². The highest BCUT2D eigenvalue weighted by Gasteiger charge is 2.48. The van der Waals surface area contributed by atoms with E-state index in [4.69, 9.17) is 9.47 Å². The lowest BCUT2D eigenvalue weighted by molar-refractivity contribution is -0.132. The summed E-state index contributed by atoms with van der Waals surface area (Å²) in [6.07, 6.45) is 0. The van der Waals surface area contributed by atoms with Gasteiger partial charge in [0.2, 0.25) is 0 Å². The number of hydrogen-bond acceptors (Lipinski definition) is 8. The van der Waals surface area contributed by atoms with Crippen molar-refractivity contribution in [2.45, 2.75) is 19.9 Å². The molecule has 2 heterocycles. The van der Waals surface area contributed by atoms with Gasteiger partial charge in [0.25, 0.3) is 5.78 Å².